The van der Waals surface area contributed by atoms with Crippen LogP contribution in [0.4, 0.5) is 0 Å². The van der Waals surface area contributed by atoms with E-state index in [0.717, 1.165) is 9.95 Å². The van der Waals surface area contributed by atoms with Gasteiger partial charge in [-0.3, -0.25) is 14.2 Å². The summed E-state index contributed by atoms with van der Waals surface area (Å²) < 4.78 is 11.7. The third-order valence-corrected chi connectivity index (χ3v) is 4.81. The number of furan rings is 1. The zero-order chi connectivity index (χ0) is 20.4. The van der Waals surface area contributed by atoms with E-state index in [9.17, 15) is 20.0 Å². The van der Waals surface area contributed by atoms with Gasteiger partial charge in [-0.15, -0.1) is 0 Å². The Hall–Kier alpha value is -3.37. The van der Waals surface area contributed by atoms with Gasteiger partial charge < -0.3 is 14.3 Å². The molecule has 0 unspecified atom stereocenters. The minimum atomic E-state index is -0.633. The second-order valence-corrected chi connectivity index (χ2v) is 6.50. The van der Waals surface area contributed by atoms with Crippen LogP contribution in [0.1, 0.15) is 39.2 Å². The van der Waals surface area contributed by atoms with E-state index in [2.05, 4.69) is 0 Å². The minimum absolute atomic E-state index is 0.0746. The molecule has 0 radical (unpaired) electrons. The van der Waals surface area contributed by atoms with Crippen molar-refractivity contribution >= 4 is 16.8 Å². The van der Waals surface area contributed by atoms with Gasteiger partial charge in [0.05, 0.1) is 5.56 Å². The van der Waals surface area contributed by atoms with Gasteiger partial charge in [0.25, 0.3) is 5.56 Å². The number of carbonyl (C=O) groups is 1. The summed E-state index contributed by atoms with van der Waals surface area (Å²) in [5.41, 5.74) is 0.414. The summed E-state index contributed by atoms with van der Waals surface area (Å²) in [6.07, 6.45) is 0.440. The number of methoxy groups -OCH3 is 1. The number of hydrogen-bond donors (Lipinski definition) is 1. The Morgan fingerprint density at radius 3 is 2.64 bits per heavy atom. The summed E-state index contributed by atoms with van der Waals surface area (Å²) in [6.45, 7) is 3.72. The van der Waals surface area contributed by atoms with Gasteiger partial charge in [-0.05, 0) is 31.9 Å². The molecule has 1 aromatic carbocycles. The number of hydrogen-bond acceptors (Lipinski definition) is 6. The standard InChI is InChI=1S/C21H20N2O5/c1-12-15(11-22)20(25)23(9-6-10-27-3)21(26)17(12)18(24)19-13(2)14-7-4-5-8-16(14)28-19/h4-5,7-8,26H,6,9-10H2,1-3H3. The van der Waals surface area contributed by atoms with Gasteiger partial charge in [0, 0.05) is 31.2 Å². The lowest BCUT2D eigenvalue weighted by Gasteiger charge is -2.15. The molecular formula is C21H20N2O5. The molecule has 144 valence electrons. The Bertz CT molecular complexity index is 1160. The number of ether oxygens (including phenoxy) is 1. The number of benzene rings is 1. The number of fused-ring (bicyclic) bond motifs is 1. The fourth-order valence-corrected chi connectivity index (χ4v) is 3.30. The van der Waals surface area contributed by atoms with Crippen molar-refractivity contribution in [1.29, 1.82) is 5.26 Å². The third kappa shape index (κ3) is 3.08. The molecule has 0 amide bonds. The number of pyridine rings is 1. The minimum Gasteiger partial charge on any atom is -0.494 e. The Morgan fingerprint density at radius 2 is 2.00 bits per heavy atom. The first-order valence-electron chi connectivity index (χ1n) is 8.80. The molecule has 0 aliphatic rings. The monoisotopic (exact) mass is 380 g/mol. The van der Waals surface area contributed by atoms with Crippen LogP contribution in [0, 0.1) is 25.2 Å². The summed E-state index contributed by atoms with van der Waals surface area (Å²) in [5.74, 6) is -0.964. The van der Waals surface area contributed by atoms with Gasteiger partial charge >= 0.3 is 0 Å². The van der Waals surface area contributed by atoms with E-state index in [4.69, 9.17) is 9.15 Å². The van der Waals surface area contributed by atoms with Crippen LogP contribution in [0.15, 0.2) is 33.5 Å². The predicted octanol–water partition coefficient (Wildman–Crippen LogP) is 3.06. The van der Waals surface area contributed by atoms with Crippen molar-refractivity contribution < 1.29 is 19.1 Å². The SMILES string of the molecule is COCCCn1c(O)c(C(=O)c2oc3ccccc3c2C)c(C)c(C#N)c1=O. The second-order valence-electron chi connectivity index (χ2n) is 6.50. The average Bonchev–Trinajstić information content (AvgIpc) is 3.02. The number of aryl methyl sites for hydroxylation is 1. The number of rotatable bonds is 6. The van der Waals surface area contributed by atoms with E-state index < -0.39 is 17.2 Å². The zero-order valence-electron chi connectivity index (χ0n) is 15.9. The van der Waals surface area contributed by atoms with Crippen molar-refractivity contribution in [3.63, 3.8) is 0 Å². The highest BCUT2D eigenvalue weighted by Crippen LogP contribution is 2.31. The topological polar surface area (TPSA) is 105 Å². The number of para-hydroxylation sites is 1. The van der Waals surface area contributed by atoms with E-state index in [1.165, 1.54) is 14.0 Å². The van der Waals surface area contributed by atoms with E-state index in [0.29, 0.717) is 24.2 Å². The van der Waals surface area contributed by atoms with Crippen LogP contribution in [-0.2, 0) is 11.3 Å². The number of carbonyl (C=O) groups excluding carboxylic acids is 1. The number of ketones is 1. The maximum Gasteiger partial charge on any atom is 0.271 e. The van der Waals surface area contributed by atoms with Gasteiger partial charge in [-0.25, -0.2) is 0 Å². The normalized spacial score (nSPS) is 10.9. The number of nitriles is 1. The molecule has 1 N–H and O–H groups in total. The molecule has 0 aliphatic carbocycles. The molecule has 0 aliphatic heterocycles. The summed E-state index contributed by atoms with van der Waals surface area (Å²) >= 11 is 0. The molecule has 0 bridgehead atoms. The highest BCUT2D eigenvalue weighted by Gasteiger charge is 2.28. The summed E-state index contributed by atoms with van der Waals surface area (Å²) in [5, 5.41) is 20.9. The molecule has 0 saturated heterocycles. The first kappa shape index (κ1) is 19.4. The number of aromatic hydroxyl groups is 1. The van der Waals surface area contributed by atoms with Gasteiger partial charge in [0.15, 0.2) is 5.76 Å². The Labute approximate surface area is 161 Å². The van der Waals surface area contributed by atoms with E-state index >= 15 is 0 Å². The first-order valence-corrected chi connectivity index (χ1v) is 8.80. The van der Waals surface area contributed by atoms with E-state index in [-0.39, 0.29) is 29.0 Å². The van der Waals surface area contributed by atoms with Gasteiger partial charge in [0.1, 0.15) is 17.2 Å². The number of nitrogens with zero attached hydrogens (tertiary/aromatic N) is 2. The molecule has 3 rings (SSSR count). The van der Waals surface area contributed by atoms with Crippen LogP contribution in [-0.4, -0.2) is 29.2 Å². The molecule has 0 fully saturated rings. The van der Waals surface area contributed by atoms with Crippen LogP contribution in [0.2, 0.25) is 0 Å². The van der Waals surface area contributed by atoms with Crippen LogP contribution >= 0.6 is 0 Å². The highest BCUT2D eigenvalue weighted by molar-refractivity contribution is 6.12. The Balaban J connectivity index is 2.21. The maximum absolute atomic E-state index is 13.2. The van der Waals surface area contributed by atoms with Crippen LogP contribution < -0.4 is 5.56 Å². The Kier molecular flexibility index (Phi) is 5.34. The fraction of sp³-hybridized carbons (Fsp3) is 0.286. The van der Waals surface area contributed by atoms with Crippen molar-refractivity contribution in [3.8, 4) is 11.9 Å². The predicted molar refractivity (Wildman–Crippen MR) is 103 cm³/mol. The van der Waals surface area contributed by atoms with Crippen molar-refractivity contribution in [3.05, 3.63) is 62.6 Å². The van der Waals surface area contributed by atoms with Crippen LogP contribution in [0.5, 0.6) is 5.88 Å². The molecule has 0 spiro atoms. The fourth-order valence-electron chi connectivity index (χ4n) is 3.30. The molecule has 0 saturated carbocycles. The maximum atomic E-state index is 13.2. The molecule has 28 heavy (non-hydrogen) atoms. The molecule has 2 aromatic heterocycles. The molecule has 7 nitrogen and oxygen atoms in total. The largest absolute Gasteiger partial charge is 0.494 e. The lowest BCUT2D eigenvalue weighted by atomic mass is 9.98. The van der Waals surface area contributed by atoms with Gasteiger partial charge in [0.2, 0.25) is 11.7 Å². The van der Waals surface area contributed by atoms with Gasteiger partial charge in [-0.1, -0.05) is 18.2 Å². The molecule has 3 aromatic rings. The molecular weight excluding hydrogens is 360 g/mol. The Morgan fingerprint density at radius 1 is 1.29 bits per heavy atom. The molecule has 0 atom stereocenters. The van der Waals surface area contributed by atoms with E-state index in [1.807, 2.05) is 18.2 Å². The second kappa shape index (κ2) is 7.71. The van der Waals surface area contributed by atoms with Crippen molar-refractivity contribution in [2.45, 2.75) is 26.8 Å². The average molecular weight is 380 g/mol. The lowest BCUT2D eigenvalue weighted by molar-refractivity contribution is 0.100. The molecule has 7 heteroatoms. The smallest absolute Gasteiger partial charge is 0.271 e. The lowest BCUT2D eigenvalue weighted by Crippen LogP contribution is -2.27. The van der Waals surface area contributed by atoms with Crippen LogP contribution in [0.25, 0.3) is 11.0 Å². The highest BCUT2D eigenvalue weighted by atomic mass is 16.5. The van der Waals surface area contributed by atoms with Crippen molar-refractivity contribution in [2.75, 3.05) is 13.7 Å². The summed E-state index contributed by atoms with van der Waals surface area (Å²) in [4.78, 5) is 25.8. The van der Waals surface area contributed by atoms with Crippen LogP contribution in [0.3, 0.4) is 0 Å². The molecule has 2 heterocycles. The summed E-state index contributed by atoms with van der Waals surface area (Å²) in [7, 11) is 1.53. The van der Waals surface area contributed by atoms with Gasteiger partial charge in [-0.2, -0.15) is 5.26 Å². The zero-order valence-corrected chi connectivity index (χ0v) is 15.9. The van der Waals surface area contributed by atoms with E-state index in [1.54, 1.807) is 19.1 Å². The quantitative estimate of drug-likeness (QED) is 0.520. The number of aromatic nitrogens is 1. The first-order chi connectivity index (χ1) is 13.4. The van der Waals surface area contributed by atoms with Crippen molar-refractivity contribution in [1.82, 2.24) is 4.57 Å². The summed E-state index contributed by atoms with van der Waals surface area (Å²) in [6, 6.07) is 9.07. The van der Waals surface area contributed by atoms with Crippen molar-refractivity contribution in [2.24, 2.45) is 0 Å². The third-order valence-electron chi connectivity index (χ3n) is 4.81.